The van der Waals surface area contributed by atoms with Crippen molar-refractivity contribution in [1.82, 2.24) is 0 Å². The third kappa shape index (κ3) is 6.46. The quantitative estimate of drug-likeness (QED) is 0.198. The first-order chi connectivity index (χ1) is 17.9. The Labute approximate surface area is 216 Å². The van der Waals surface area contributed by atoms with Crippen molar-refractivity contribution in [1.29, 1.82) is 0 Å². The number of benzene rings is 3. The zero-order chi connectivity index (χ0) is 26.4. The fraction of sp³-hybridized carbons (Fsp3) is 0.419. The standard InChI is InChI=1S/C31H34F4O2/c1-3-4-5-18-36-26-16-14-25(28(32)30(26)34)23-12-8-21(9-13-23)19-37-27-17-15-24(29(33)31(27)35)22-10-6-20(2)7-11-22/h6-7,10-11,14-17,21,23H,3-5,8-9,12-13,18-19H2,1-2H3. The van der Waals surface area contributed by atoms with Crippen LogP contribution in [-0.4, -0.2) is 13.2 Å². The summed E-state index contributed by atoms with van der Waals surface area (Å²) in [5, 5.41) is 0. The van der Waals surface area contributed by atoms with Gasteiger partial charge in [0, 0.05) is 5.56 Å². The number of hydrogen-bond donors (Lipinski definition) is 0. The molecule has 198 valence electrons. The predicted octanol–water partition coefficient (Wildman–Crippen LogP) is 9.14. The van der Waals surface area contributed by atoms with Gasteiger partial charge in [0.25, 0.3) is 0 Å². The molecule has 37 heavy (non-hydrogen) atoms. The van der Waals surface area contributed by atoms with E-state index in [9.17, 15) is 17.6 Å². The van der Waals surface area contributed by atoms with Crippen LogP contribution in [0.1, 0.15) is 68.9 Å². The summed E-state index contributed by atoms with van der Waals surface area (Å²) in [5.41, 5.74) is 2.21. The zero-order valence-corrected chi connectivity index (χ0v) is 21.5. The summed E-state index contributed by atoms with van der Waals surface area (Å²) in [4.78, 5) is 0. The molecule has 0 amide bonds. The minimum Gasteiger partial charge on any atom is -0.490 e. The molecule has 1 aliphatic carbocycles. The van der Waals surface area contributed by atoms with E-state index in [2.05, 4.69) is 6.92 Å². The van der Waals surface area contributed by atoms with Crippen molar-refractivity contribution in [2.75, 3.05) is 13.2 Å². The van der Waals surface area contributed by atoms with E-state index in [0.29, 0.717) is 30.6 Å². The van der Waals surface area contributed by atoms with Crippen LogP contribution >= 0.6 is 0 Å². The summed E-state index contributed by atoms with van der Waals surface area (Å²) in [7, 11) is 0. The van der Waals surface area contributed by atoms with Crippen LogP contribution in [0.15, 0.2) is 48.5 Å². The number of halogens is 4. The highest BCUT2D eigenvalue weighted by Crippen LogP contribution is 2.39. The molecule has 0 aliphatic heterocycles. The Morgan fingerprint density at radius 3 is 2.05 bits per heavy atom. The van der Waals surface area contributed by atoms with Crippen molar-refractivity contribution in [2.24, 2.45) is 5.92 Å². The highest BCUT2D eigenvalue weighted by Gasteiger charge is 2.27. The van der Waals surface area contributed by atoms with Gasteiger partial charge in [-0.1, -0.05) is 55.7 Å². The molecule has 1 aliphatic rings. The maximum absolute atomic E-state index is 14.8. The summed E-state index contributed by atoms with van der Waals surface area (Å²) in [6, 6.07) is 13.4. The normalized spacial score (nSPS) is 17.6. The van der Waals surface area contributed by atoms with Crippen molar-refractivity contribution in [3.8, 4) is 22.6 Å². The van der Waals surface area contributed by atoms with E-state index in [1.807, 2.05) is 19.1 Å². The highest BCUT2D eigenvalue weighted by atomic mass is 19.2. The fourth-order valence-corrected chi connectivity index (χ4v) is 4.95. The second kappa shape index (κ2) is 12.5. The SMILES string of the molecule is CCCCCOc1ccc(C2CCC(COc3ccc(-c4ccc(C)cc4)c(F)c3F)CC2)c(F)c1F. The van der Waals surface area contributed by atoms with Crippen LogP contribution < -0.4 is 9.47 Å². The second-order valence-corrected chi connectivity index (χ2v) is 9.97. The van der Waals surface area contributed by atoms with Gasteiger partial charge in [-0.2, -0.15) is 8.78 Å². The summed E-state index contributed by atoms with van der Waals surface area (Å²) in [6.45, 7) is 4.61. The van der Waals surface area contributed by atoms with Crippen LogP contribution in [0.5, 0.6) is 11.5 Å². The summed E-state index contributed by atoms with van der Waals surface area (Å²) < 4.78 is 69.8. The first-order valence-electron chi connectivity index (χ1n) is 13.2. The van der Waals surface area contributed by atoms with Crippen molar-refractivity contribution in [3.63, 3.8) is 0 Å². The van der Waals surface area contributed by atoms with Gasteiger partial charge in [0.05, 0.1) is 13.2 Å². The molecule has 0 bridgehead atoms. The van der Waals surface area contributed by atoms with E-state index in [0.717, 1.165) is 37.7 Å². The minimum absolute atomic E-state index is 0.0397. The molecule has 3 aromatic carbocycles. The van der Waals surface area contributed by atoms with Gasteiger partial charge in [0.15, 0.2) is 23.1 Å². The lowest BCUT2D eigenvalue weighted by Gasteiger charge is -2.29. The van der Waals surface area contributed by atoms with Crippen molar-refractivity contribution in [2.45, 2.75) is 64.7 Å². The maximum atomic E-state index is 14.8. The summed E-state index contributed by atoms with van der Waals surface area (Å²) in [5.74, 6) is -3.81. The number of ether oxygens (including phenoxy) is 2. The predicted molar refractivity (Wildman–Crippen MR) is 138 cm³/mol. The van der Waals surface area contributed by atoms with Gasteiger partial charge >= 0.3 is 0 Å². The zero-order valence-electron chi connectivity index (χ0n) is 21.5. The monoisotopic (exact) mass is 514 g/mol. The third-order valence-electron chi connectivity index (χ3n) is 7.25. The van der Waals surface area contributed by atoms with Crippen LogP contribution in [0, 0.1) is 36.1 Å². The van der Waals surface area contributed by atoms with Gasteiger partial charge in [-0.15, -0.1) is 0 Å². The number of hydrogen-bond acceptors (Lipinski definition) is 2. The summed E-state index contributed by atoms with van der Waals surface area (Å²) in [6.07, 6.45) is 5.61. The molecule has 4 rings (SSSR count). The van der Waals surface area contributed by atoms with Gasteiger partial charge in [-0.05, 0) is 80.2 Å². The molecule has 0 N–H and O–H groups in total. The molecule has 2 nitrogen and oxygen atoms in total. The lowest BCUT2D eigenvalue weighted by molar-refractivity contribution is 0.191. The Hall–Kier alpha value is -3.02. The first kappa shape index (κ1) is 27.0. The van der Waals surface area contributed by atoms with Gasteiger partial charge in [0.2, 0.25) is 11.6 Å². The highest BCUT2D eigenvalue weighted by molar-refractivity contribution is 5.65. The van der Waals surface area contributed by atoms with Crippen molar-refractivity contribution < 1.29 is 27.0 Å². The molecule has 0 radical (unpaired) electrons. The Kier molecular flexibility index (Phi) is 9.12. The molecule has 0 atom stereocenters. The lowest BCUT2D eigenvalue weighted by Crippen LogP contribution is -2.20. The molecular weight excluding hydrogens is 480 g/mol. The number of unbranched alkanes of at least 4 members (excludes halogenated alkanes) is 2. The fourth-order valence-electron chi connectivity index (χ4n) is 4.95. The molecule has 0 heterocycles. The number of rotatable bonds is 10. The van der Waals surface area contributed by atoms with Gasteiger partial charge in [0.1, 0.15) is 0 Å². The molecule has 6 heteroatoms. The molecule has 0 saturated heterocycles. The lowest BCUT2D eigenvalue weighted by atomic mass is 9.79. The average molecular weight is 515 g/mol. The van der Waals surface area contributed by atoms with E-state index in [1.54, 1.807) is 18.2 Å². The Bertz CT molecular complexity index is 1180. The van der Waals surface area contributed by atoms with Crippen LogP contribution in [0.2, 0.25) is 0 Å². The molecule has 0 unspecified atom stereocenters. The first-order valence-corrected chi connectivity index (χ1v) is 13.2. The Morgan fingerprint density at radius 2 is 1.35 bits per heavy atom. The van der Waals surface area contributed by atoms with Crippen molar-refractivity contribution in [3.05, 3.63) is 82.9 Å². The van der Waals surface area contributed by atoms with Crippen LogP contribution in [0.25, 0.3) is 11.1 Å². The van der Waals surface area contributed by atoms with Crippen LogP contribution in [-0.2, 0) is 0 Å². The smallest absolute Gasteiger partial charge is 0.201 e. The Morgan fingerprint density at radius 1 is 0.703 bits per heavy atom. The van der Waals surface area contributed by atoms with Crippen LogP contribution in [0.4, 0.5) is 17.6 Å². The van der Waals surface area contributed by atoms with Gasteiger partial charge in [-0.3, -0.25) is 0 Å². The van der Waals surface area contributed by atoms with Crippen molar-refractivity contribution >= 4 is 0 Å². The molecule has 0 spiro atoms. The second-order valence-electron chi connectivity index (χ2n) is 9.97. The van der Waals surface area contributed by atoms with E-state index in [-0.39, 0.29) is 35.5 Å². The van der Waals surface area contributed by atoms with E-state index in [4.69, 9.17) is 9.47 Å². The topological polar surface area (TPSA) is 18.5 Å². The van der Waals surface area contributed by atoms with E-state index >= 15 is 0 Å². The minimum atomic E-state index is -0.999. The molecule has 1 fully saturated rings. The third-order valence-corrected chi connectivity index (χ3v) is 7.25. The summed E-state index contributed by atoms with van der Waals surface area (Å²) >= 11 is 0. The maximum Gasteiger partial charge on any atom is 0.201 e. The molecule has 0 aromatic heterocycles. The molecule has 1 saturated carbocycles. The molecular formula is C31H34F4O2. The van der Waals surface area contributed by atoms with E-state index in [1.165, 1.54) is 18.2 Å². The van der Waals surface area contributed by atoms with Gasteiger partial charge in [-0.25, -0.2) is 8.78 Å². The van der Waals surface area contributed by atoms with E-state index < -0.39 is 23.3 Å². The average Bonchev–Trinajstić information content (AvgIpc) is 2.91. The molecule has 3 aromatic rings. The Balaban J connectivity index is 1.32. The largest absolute Gasteiger partial charge is 0.490 e. The van der Waals surface area contributed by atoms with Gasteiger partial charge < -0.3 is 9.47 Å². The van der Waals surface area contributed by atoms with Crippen LogP contribution in [0.3, 0.4) is 0 Å². The number of aryl methyl sites for hydroxylation is 1.